The first-order valence-electron chi connectivity index (χ1n) is 8.02. The Morgan fingerprint density at radius 2 is 0.517 bits per heavy atom. The Bertz CT molecular complexity index is 513. The molecule has 0 spiro atoms. The van der Waals surface area contributed by atoms with Crippen LogP contribution in [0.3, 0.4) is 0 Å². The van der Waals surface area contributed by atoms with Gasteiger partial charge in [-0.05, 0) is 55.4 Å². The van der Waals surface area contributed by atoms with Crippen LogP contribution in [0.5, 0.6) is 0 Å². The minimum absolute atomic E-state index is 0. The van der Waals surface area contributed by atoms with Gasteiger partial charge in [-0.25, -0.2) is 0 Å². The van der Waals surface area contributed by atoms with Gasteiger partial charge in [0.1, 0.15) is 0 Å². The van der Waals surface area contributed by atoms with Gasteiger partial charge in [0, 0.05) is 64.2 Å². The van der Waals surface area contributed by atoms with Gasteiger partial charge >= 0.3 is 0 Å². The molecule has 0 aliphatic rings. The molecule has 164 valence electrons. The minimum Gasteiger partial charge on any atom is -0.512 e. The Morgan fingerprint density at radius 3 is 0.517 bits per heavy atom. The molecule has 0 atom stereocenters. The third-order valence-electron chi connectivity index (χ3n) is 1.65. The van der Waals surface area contributed by atoms with Crippen molar-refractivity contribution in [2.24, 2.45) is 0 Å². The second kappa shape index (κ2) is 24.2. The second-order valence-corrected chi connectivity index (χ2v) is 5.59. The summed E-state index contributed by atoms with van der Waals surface area (Å²) in [5.41, 5.74) is 0. The van der Waals surface area contributed by atoms with Crippen molar-refractivity contribution in [3.63, 3.8) is 0 Å². The molecule has 29 heavy (non-hydrogen) atoms. The quantitative estimate of drug-likeness (QED) is 0.267. The number of aliphatic hydroxyl groups excluding tert-OH is 4. The third kappa shape index (κ3) is 76.1. The van der Waals surface area contributed by atoms with E-state index < -0.39 is 0 Å². The zero-order valence-corrected chi connectivity index (χ0v) is 22.3. The number of carbonyl (C=O) groups is 4. The maximum absolute atomic E-state index is 10.0. The number of hydrogen-bond acceptors (Lipinski definition) is 8. The summed E-state index contributed by atoms with van der Waals surface area (Å²) in [7, 11) is 0. The van der Waals surface area contributed by atoms with Crippen LogP contribution in [0, 0.1) is 39.9 Å². The molecule has 8 nitrogen and oxygen atoms in total. The van der Waals surface area contributed by atoms with E-state index in [1.165, 1.54) is 79.7 Å². The van der Waals surface area contributed by atoms with E-state index in [0.717, 1.165) is 0 Å². The fourth-order valence-corrected chi connectivity index (χ4v) is 1.18. The zero-order valence-electron chi connectivity index (χ0n) is 18.2. The van der Waals surface area contributed by atoms with Gasteiger partial charge in [-0.3, -0.25) is 19.2 Å². The van der Waals surface area contributed by atoms with Crippen molar-refractivity contribution in [3.05, 3.63) is 47.3 Å². The largest absolute Gasteiger partial charge is 0.512 e. The molecule has 0 saturated heterocycles. The van der Waals surface area contributed by atoms with Crippen molar-refractivity contribution < 1.29 is 79.5 Å². The average Bonchev–Trinajstić information content (AvgIpc) is 2.32. The van der Waals surface area contributed by atoms with E-state index in [1.807, 2.05) is 0 Å². The van der Waals surface area contributed by atoms with Crippen LogP contribution in [0.4, 0.5) is 0 Å². The van der Waals surface area contributed by atoms with E-state index in [9.17, 15) is 19.2 Å². The first-order chi connectivity index (χ1) is 12.5. The first kappa shape index (κ1) is 37.9. The molecule has 0 aromatic carbocycles. The molecule has 0 fully saturated rings. The first-order valence-corrected chi connectivity index (χ1v) is 8.02. The maximum Gasteiger partial charge on any atom is 0.155 e. The normalized spacial score (nSPS) is 11.0. The van der Waals surface area contributed by atoms with Crippen LogP contribution < -0.4 is 0 Å². The van der Waals surface area contributed by atoms with Crippen molar-refractivity contribution in [1.29, 1.82) is 0 Å². The second-order valence-electron chi connectivity index (χ2n) is 5.59. The van der Waals surface area contributed by atoms with Gasteiger partial charge in [0.15, 0.2) is 23.1 Å². The van der Waals surface area contributed by atoms with Crippen LogP contribution in [0.25, 0.3) is 0 Å². The summed E-state index contributed by atoms with van der Waals surface area (Å²) in [6.07, 6.45) is 4.67. The van der Waals surface area contributed by atoms with Crippen molar-refractivity contribution in [1.82, 2.24) is 0 Å². The topological polar surface area (TPSA) is 149 Å². The number of aliphatic hydroxyl groups is 4. The molecular formula is C20H32O8Th. The molecule has 0 aliphatic heterocycles. The summed E-state index contributed by atoms with van der Waals surface area (Å²) in [5.74, 6) is -0.250. The molecule has 0 aromatic rings. The summed E-state index contributed by atoms with van der Waals surface area (Å²) < 4.78 is 0. The van der Waals surface area contributed by atoms with E-state index >= 15 is 0 Å². The number of ketones is 4. The Labute approximate surface area is 204 Å². The van der Waals surface area contributed by atoms with Crippen LogP contribution in [-0.4, -0.2) is 43.6 Å². The van der Waals surface area contributed by atoms with Gasteiger partial charge in [-0.2, -0.15) is 0 Å². The third-order valence-corrected chi connectivity index (χ3v) is 1.65. The predicted molar refractivity (Wildman–Crippen MR) is 108 cm³/mol. The molecule has 0 rings (SSSR count). The van der Waals surface area contributed by atoms with E-state index in [-0.39, 0.29) is 86.1 Å². The van der Waals surface area contributed by atoms with E-state index in [2.05, 4.69) is 0 Å². The molecule has 0 bridgehead atoms. The van der Waals surface area contributed by atoms with Gasteiger partial charge in [0.2, 0.25) is 0 Å². The van der Waals surface area contributed by atoms with E-state index in [0.29, 0.717) is 0 Å². The summed E-state index contributed by atoms with van der Waals surface area (Å²) in [6.45, 7) is 11.4. The van der Waals surface area contributed by atoms with Crippen LogP contribution in [0.15, 0.2) is 47.3 Å². The molecule has 9 heteroatoms. The smallest absolute Gasteiger partial charge is 0.155 e. The maximum atomic E-state index is 10.0. The molecule has 0 aliphatic carbocycles. The van der Waals surface area contributed by atoms with Crippen molar-refractivity contribution in [2.45, 2.75) is 55.4 Å². The molecule has 0 heterocycles. The number of allylic oxidation sites excluding steroid dienone is 8. The molecule has 0 saturated carbocycles. The van der Waals surface area contributed by atoms with Gasteiger partial charge in [0.05, 0.1) is 23.0 Å². The Hall–Kier alpha value is -1.84. The van der Waals surface area contributed by atoms with Crippen molar-refractivity contribution >= 4 is 23.1 Å². The summed E-state index contributed by atoms with van der Waals surface area (Å²) in [4.78, 5) is 40.1. The summed E-state index contributed by atoms with van der Waals surface area (Å²) in [5, 5.41) is 33.5. The Kier molecular flexibility index (Phi) is 31.6. The fraction of sp³-hybridized carbons (Fsp3) is 0.400. The van der Waals surface area contributed by atoms with Gasteiger partial charge in [-0.15, -0.1) is 0 Å². The zero-order chi connectivity index (χ0) is 23.4. The number of carbonyl (C=O) groups excluding carboxylic acids is 4. The van der Waals surface area contributed by atoms with Gasteiger partial charge in [0.25, 0.3) is 0 Å². The predicted octanol–water partition coefficient (Wildman–Crippen LogP) is 4.15. The van der Waals surface area contributed by atoms with Gasteiger partial charge in [-0.1, -0.05) is 0 Å². The van der Waals surface area contributed by atoms with Crippen molar-refractivity contribution in [3.8, 4) is 0 Å². The van der Waals surface area contributed by atoms with E-state index in [1.54, 1.807) is 0 Å². The number of hydrogen-bond donors (Lipinski definition) is 4. The Balaban J connectivity index is -0.0000000873. The minimum atomic E-state index is -0.125. The summed E-state index contributed by atoms with van der Waals surface area (Å²) >= 11 is 0. The van der Waals surface area contributed by atoms with Crippen LogP contribution in [0.1, 0.15) is 55.4 Å². The fourth-order valence-electron chi connectivity index (χ4n) is 1.18. The SMILES string of the molecule is CC(=O)/C=C(\C)O.CC(=O)/C=C(\C)O.CC(=O)/C=C(\C)O.CC(=O)/C=C(\C)O.[Th]. The Morgan fingerprint density at radius 1 is 0.414 bits per heavy atom. The average molecular weight is 633 g/mol. The van der Waals surface area contributed by atoms with Crippen LogP contribution in [0.2, 0.25) is 0 Å². The molecule has 0 amide bonds. The summed E-state index contributed by atoms with van der Waals surface area (Å²) in [6, 6.07) is 0. The number of rotatable bonds is 4. The molecular weight excluding hydrogens is 600 g/mol. The molecule has 0 aromatic heterocycles. The molecule has 0 unspecified atom stereocenters. The van der Waals surface area contributed by atoms with Crippen LogP contribution >= 0.6 is 0 Å². The van der Waals surface area contributed by atoms with Gasteiger partial charge < -0.3 is 20.4 Å². The van der Waals surface area contributed by atoms with Crippen molar-refractivity contribution in [2.75, 3.05) is 0 Å². The monoisotopic (exact) mass is 632 g/mol. The van der Waals surface area contributed by atoms with Crippen LogP contribution in [-0.2, 0) is 19.2 Å². The van der Waals surface area contributed by atoms with E-state index in [4.69, 9.17) is 20.4 Å². The molecule has 0 radical (unpaired) electrons. The standard InChI is InChI=1S/4C5H8O2.Th/c4*1-4(6)3-5(2)7;/h4*3,6H,1-2H3;/b4*4-3+;. The molecule has 4 N–H and O–H groups in total.